The lowest BCUT2D eigenvalue weighted by Crippen LogP contribution is -2.26. The lowest BCUT2D eigenvalue weighted by Gasteiger charge is -2.19. The van der Waals surface area contributed by atoms with Crippen LogP contribution in [0.25, 0.3) is 0 Å². The molecule has 0 bridgehead atoms. The summed E-state index contributed by atoms with van der Waals surface area (Å²) in [5, 5.41) is 8.61. The maximum Gasteiger partial charge on any atom is 0.264 e. The van der Waals surface area contributed by atoms with Gasteiger partial charge in [-0.1, -0.05) is 12.1 Å². The van der Waals surface area contributed by atoms with Gasteiger partial charge in [-0.25, -0.2) is 12.8 Å². The second-order valence-electron chi connectivity index (χ2n) is 4.43. The highest BCUT2D eigenvalue weighted by Crippen LogP contribution is 2.22. The van der Waals surface area contributed by atoms with Crippen LogP contribution in [0.1, 0.15) is 5.56 Å². The second kappa shape index (κ2) is 5.94. The normalized spacial score (nSPS) is 10.9. The third-order valence-corrected chi connectivity index (χ3v) is 4.85. The van der Waals surface area contributed by atoms with Crippen molar-refractivity contribution in [3.8, 4) is 6.07 Å². The molecule has 108 valence electrons. The van der Waals surface area contributed by atoms with Crippen molar-refractivity contribution in [1.29, 1.82) is 5.26 Å². The summed E-state index contributed by atoms with van der Waals surface area (Å²) in [4.78, 5) is 0.0208. The molecule has 0 saturated carbocycles. The predicted octanol–water partition coefficient (Wildman–Crippen LogP) is 2.72. The van der Waals surface area contributed by atoms with E-state index in [2.05, 4.69) is 0 Å². The molecule has 0 aliphatic carbocycles. The Kier molecular flexibility index (Phi) is 4.24. The lowest BCUT2D eigenvalue weighted by atomic mass is 10.1. The van der Waals surface area contributed by atoms with E-state index in [1.807, 2.05) is 6.07 Å². The largest absolute Gasteiger partial charge is 0.269 e. The number of nitriles is 1. The number of rotatable bonds is 4. The topological polar surface area (TPSA) is 61.2 Å². The van der Waals surface area contributed by atoms with Crippen LogP contribution in [0.5, 0.6) is 0 Å². The fourth-order valence-corrected chi connectivity index (χ4v) is 3.01. The van der Waals surface area contributed by atoms with Gasteiger partial charge in [0, 0.05) is 7.05 Å². The highest BCUT2D eigenvalue weighted by molar-refractivity contribution is 7.92. The maximum absolute atomic E-state index is 12.9. The first-order valence-corrected chi connectivity index (χ1v) is 7.59. The summed E-state index contributed by atoms with van der Waals surface area (Å²) in [5.74, 6) is -0.488. The number of nitrogens with zero attached hydrogens (tertiary/aromatic N) is 2. The van der Waals surface area contributed by atoms with Gasteiger partial charge in [0.05, 0.1) is 23.1 Å². The summed E-state index contributed by atoms with van der Waals surface area (Å²) in [5.41, 5.74) is 1.29. The van der Waals surface area contributed by atoms with E-state index in [4.69, 9.17) is 5.26 Å². The molecule has 0 saturated heterocycles. The zero-order chi connectivity index (χ0) is 15.5. The average Bonchev–Trinajstić information content (AvgIpc) is 2.48. The molecule has 0 atom stereocenters. The van der Waals surface area contributed by atoms with Crippen molar-refractivity contribution in [2.24, 2.45) is 0 Å². The molecular formula is C15H13FN2O2S. The van der Waals surface area contributed by atoms with E-state index in [1.54, 1.807) is 24.3 Å². The second-order valence-corrected chi connectivity index (χ2v) is 6.40. The summed E-state index contributed by atoms with van der Waals surface area (Å²) in [6, 6.07) is 13.4. The van der Waals surface area contributed by atoms with Crippen LogP contribution in [0.15, 0.2) is 53.4 Å². The lowest BCUT2D eigenvalue weighted by molar-refractivity contribution is 0.593. The average molecular weight is 304 g/mol. The molecule has 0 unspecified atom stereocenters. The molecule has 0 spiro atoms. The van der Waals surface area contributed by atoms with Crippen LogP contribution in [0.3, 0.4) is 0 Å². The smallest absolute Gasteiger partial charge is 0.264 e. The Labute approximate surface area is 123 Å². The van der Waals surface area contributed by atoms with Gasteiger partial charge in [0.15, 0.2) is 0 Å². The van der Waals surface area contributed by atoms with Crippen LogP contribution in [0, 0.1) is 17.1 Å². The molecule has 0 heterocycles. The number of sulfonamides is 1. The molecule has 6 heteroatoms. The van der Waals surface area contributed by atoms with Crippen molar-refractivity contribution in [1.82, 2.24) is 0 Å². The first-order valence-electron chi connectivity index (χ1n) is 6.15. The monoisotopic (exact) mass is 304 g/mol. The third kappa shape index (κ3) is 3.20. The fraction of sp³-hybridized carbons (Fsp3) is 0.133. The van der Waals surface area contributed by atoms with Crippen LogP contribution in [-0.2, 0) is 16.4 Å². The quantitative estimate of drug-likeness (QED) is 0.872. The molecule has 2 rings (SSSR count). The summed E-state index contributed by atoms with van der Waals surface area (Å²) >= 11 is 0. The summed E-state index contributed by atoms with van der Waals surface area (Å²) in [7, 11) is -2.30. The Morgan fingerprint density at radius 3 is 2.19 bits per heavy atom. The molecule has 0 amide bonds. The molecule has 2 aromatic carbocycles. The van der Waals surface area contributed by atoms with E-state index in [1.165, 1.54) is 19.2 Å². The van der Waals surface area contributed by atoms with E-state index in [-0.39, 0.29) is 11.3 Å². The zero-order valence-corrected chi connectivity index (χ0v) is 12.1. The standard InChI is InChI=1S/C15H13FN2O2S/c1-18(14-6-2-12(3-7-14)10-11-17)21(19,20)15-8-4-13(16)5-9-15/h2-9H,10H2,1H3. The number of halogens is 1. The molecule has 4 nitrogen and oxygen atoms in total. The first-order chi connectivity index (χ1) is 9.95. The van der Waals surface area contributed by atoms with Crippen molar-refractivity contribution < 1.29 is 12.8 Å². The summed E-state index contributed by atoms with van der Waals surface area (Å²) in [6.45, 7) is 0. The molecule has 0 N–H and O–H groups in total. The molecule has 0 fully saturated rings. The van der Waals surface area contributed by atoms with Crippen molar-refractivity contribution in [3.63, 3.8) is 0 Å². The van der Waals surface area contributed by atoms with Crippen LogP contribution in [0.4, 0.5) is 10.1 Å². The zero-order valence-electron chi connectivity index (χ0n) is 11.3. The van der Waals surface area contributed by atoms with Crippen molar-refractivity contribution >= 4 is 15.7 Å². The van der Waals surface area contributed by atoms with Gasteiger partial charge in [-0.05, 0) is 42.0 Å². The maximum atomic E-state index is 12.9. The number of anilines is 1. The highest BCUT2D eigenvalue weighted by atomic mass is 32.2. The van der Waals surface area contributed by atoms with Crippen molar-refractivity contribution in [3.05, 3.63) is 59.9 Å². The predicted molar refractivity (Wildman–Crippen MR) is 77.7 cm³/mol. The van der Waals surface area contributed by atoms with Gasteiger partial charge in [0.2, 0.25) is 0 Å². The number of hydrogen-bond donors (Lipinski definition) is 0. The van der Waals surface area contributed by atoms with Gasteiger partial charge in [-0.3, -0.25) is 4.31 Å². The Hall–Kier alpha value is -2.39. The van der Waals surface area contributed by atoms with E-state index in [0.29, 0.717) is 5.69 Å². The van der Waals surface area contributed by atoms with Crippen LogP contribution in [-0.4, -0.2) is 15.5 Å². The van der Waals surface area contributed by atoms with E-state index >= 15 is 0 Å². The molecule has 0 radical (unpaired) electrons. The van der Waals surface area contributed by atoms with Gasteiger partial charge in [0.25, 0.3) is 10.0 Å². The van der Waals surface area contributed by atoms with Gasteiger partial charge < -0.3 is 0 Å². The van der Waals surface area contributed by atoms with Crippen molar-refractivity contribution in [2.75, 3.05) is 11.4 Å². The summed E-state index contributed by atoms with van der Waals surface area (Å²) < 4.78 is 38.8. The minimum absolute atomic E-state index is 0.0208. The van der Waals surface area contributed by atoms with Crippen LogP contribution in [0.2, 0.25) is 0 Å². The minimum atomic E-state index is -3.73. The molecular weight excluding hydrogens is 291 g/mol. The minimum Gasteiger partial charge on any atom is -0.269 e. The van der Waals surface area contributed by atoms with E-state index in [0.717, 1.165) is 22.0 Å². The van der Waals surface area contributed by atoms with Gasteiger partial charge in [0.1, 0.15) is 5.82 Å². The van der Waals surface area contributed by atoms with E-state index < -0.39 is 15.8 Å². The number of hydrogen-bond acceptors (Lipinski definition) is 3. The van der Waals surface area contributed by atoms with E-state index in [9.17, 15) is 12.8 Å². The Bertz CT molecular complexity index is 763. The molecule has 0 aliphatic rings. The Morgan fingerprint density at radius 1 is 1.10 bits per heavy atom. The fourth-order valence-electron chi connectivity index (χ4n) is 1.82. The summed E-state index contributed by atoms with van der Waals surface area (Å²) in [6.07, 6.45) is 0.273. The first kappa shape index (κ1) is 15.0. The van der Waals surface area contributed by atoms with Crippen LogP contribution < -0.4 is 4.31 Å². The van der Waals surface area contributed by atoms with Crippen LogP contribution >= 0.6 is 0 Å². The van der Waals surface area contributed by atoms with Gasteiger partial charge >= 0.3 is 0 Å². The Morgan fingerprint density at radius 2 is 1.67 bits per heavy atom. The van der Waals surface area contributed by atoms with Crippen molar-refractivity contribution in [2.45, 2.75) is 11.3 Å². The number of benzene rings is 2. The Balaban J connectivity index is 2.31. The molecule has 21 heavy (non-hydrogen) atoms. The molecule has 0 aromatic heterocycles. The molecule has 2 aromatic rings. The highest BCUT2D eigenvalue weighted by Gasteiger charge is 2.21. The third-order valence-electron chi connectivity index (χ3n) is 3.06. The van der Waals surface area contributed by atoms with Gasteiger partial charge in [-0.2, -0.15) is 5.26 Å². The molecule has 0 aliphatic heterocycles. The SMILES string of the molecule is CN(c1ccc(CC#N)cc1)S(=O)(=O)c1ccc(F)cc1. The van der Waals surface area contributed by atoms with Gasteiger partial charge in [-0.15, -0.1) is 0 Å².